The zero-order valence-corrected chi connectivity index (χ0v) is 18.7. The number of rotatable bonds is 6. The van der Waals surface area contributed by atoms with Gasteiger partial charge in [0, 0.05) is 12.1 Å². The lowest BCUT2D eigenvalue weighted by atomic mass is 10.1. The molecule has 30 heavy (non-hydrogen) atoms. The highest BCUT2D eigenvalue weighted by Crippen LogP contribution is 2.35. The van der Waals surface area contributed by atoms with E-state index < -0.39 is 0 Å². The summed E-state index contributed by atoms with van der Waals surface area (Å²) in [6.45, 7) is 6.68. The summed E-state index contributed by atoms with van der Waals surface area (Å²) in [5.74, 6) is 1.23. The number of aromatic nitrogens is 1. The Morgan fingerprint density at radius 2 is 1.83 bits per heavy atom. The Morgan fingerprint density at radius 3 is 2.60 bits per heavy atom. The molecule has 2 aromatic carbocycles. The Balaban J connectivity index is 1.69. The van der Waals surface area contributed by atoms with Crippen molar-refractivity contribution < 1.29 is 14.3 Å². The monoisotopic (exact) mass is 425 g/mol. The maximum Gasteiger partial charge on any atom is 0.260 e. The quantitative estimate of drug-likeness (QED) is 0.590. The van der Waals surface area contributed by atoms with Crippen LogP contribution in [0, 0.1) is 13.8 Å². The van der Waals surface area contributed by atoms with Gasteiger partial charge in [-0.2, -0.15) is 0 Å². The molecule has 0 N–H and O–H groups in total. The van der Waals surface area contributed by atoms with Gasteiger partial charge in [-0.3, -0.25) is 9.69 Å². The fraction of sp³-hybridized carbons (Fsp3) is 0.391. The van der Waals surface area contributed by atoms with Crippen molar-refractivity contribution in [1.29, 1.82) is 0 Å². The predicted octanol–water partition coefficient (Wildman–Crippen LogP) is 4.28. The van der Waals surface area contributed by atoms with Crippen molar-refractivity contribution in [2.24, 2.45) is 0 Å². The number of amides is 1. The average Bonchev–Trinajstić information content (AvgIpc) is 3.14. The highest BCUT2D eigenvalue weighted by atomic mass is 32.1. The third kappa shape index (κ3) is 4.27. The van der Waals surface area contributed by atoms with Crippen LogP contribution in [0.25, 0.3) is 10.2 Å². The van der Waals surface area contributed by atoms with E-state index in [1.807, 2.05) is 20.2 Å². The van der Waals surface area contributed by atoms with E-state index in [-0.39, 0.29) is 5.91 Å². The Kier molecular flexibility index (Phi) is 5.92. The molecule has 0 aliphatic carbocycles. The molecule has 6 nitrogen and oxygen atoms in total. The first-order valence-electron chi connectivity index (χ1n) is 10.2. The van der Waals surface area contributed by atoms with Crippen LogP contribution in [0.5, 0.6) is 11.5 Å². The number of carbonyl (C=O) groups is 1. The van der Waals surface area contributed by atoms with Gasteiger partial charge in [0.05, 0.1) is 10.2 Å². The normalized spacial score (nSPS) is 13.1. The van der Waals surface area contributed by atoms with Gasteiger partial charge in [0.2, 0.25) is 0 Å². The number of fused-ring (bicyclic) bond motifs is 2. The molecule has 1 amide bonds. The molecule has 158 valence electrons. The highest BCUT2D eigenvalue weighted by Gasteiger charge is 2.23. The molecular formula is C23H27N3O3S. The number of benzene rings is 2. The van der Waals surface area contributed by atoms with Crippen LogP contribution < -0.4 is 14.4 Å². The van der Waals surface area contributed by atoms with Gasteiger partial charge >= 0.3 is 0 Å². The maximum atomic E-state index is 13.5. The lowest BCUT2D eigenvalue weighted by Gasteiger charge is -2.23. The Hall–Kier alpha value is -2.64. The molecule has 3 aromatic rings. The topological polar surface area (TPSA) is 54.9 Å². The SMILES string of the molecule is Cc1cc(C)c2sc(N(CCCN(C)C)C(=O)c3ccc4c(c3)OCCO4)nc2c1. The van der Waals surface area contributed by atoms with Crippen LogP contribution >= 0.6 is 11.3 Å². The van der Waals surface area contributed by atoms with Crippen LogP contribution in [0.15, 0.2) is 30.3 Å². The molecule has 0 atom stereocenters. The molecule has 1 aliphatic rings. The molecule has 0 bridgehead atoms. The maximum absolute atomic E-state index is 13.5. The second-order valence-corrected chi connectivity index (χ2v) is 8.88. The molecule has 2 heterocycles. The smallest absolute Gasteiger partial charge is 0.260 e. The summed E-state index contributed by atoms with van der Waals surface area (Å²) >= 11 is 1.58. The molecule has 1 aromatic heterocycles. The summed E-state index contributed by atoms with van der Waals surface area (Å²) in [6, 6.07) is 9.62. The van der Waals surface area contributed by atoms with Gasteiger partial charge in [-0.1, -0.05) is 17.4 Å². The third-order valence-electron chi connectivity index (χ3n) is 5.06. The molecule has 0 radical (unpaired) electrons. The average molecular weight is 426 g/mol. The van der Waals surface area contributed by atoms with Gasteiger partial charge in [-0.15, -0.1) is 0 Å². The molecular weight excluding hydrogens is 398 g/mol. The van der Waals surface area contributed by atoms with Crippen LogP contribution in [-0.4, -0.2) is 56.2 Å². The minimum Gasteiger partial charge on any atom is -0.486 e. The molecule has 4 rings (SSSR count). The van der Waals surface area contributed by atoms with E-state index >= 15 is 0 Å². The summed E-state index contributed by atoms with van der Waals surface area (Å²) < 4.78 is 12.4. The van der Waals surface area contributed by atoms with E-state index in [4.69, 9.17) is 14.5 Å². The first-order valence-corrected chi connectivity index (χ1v) is 11.0. The van der Waals surface area contributed by atoms with Gasteiger partial charge in [-0.05, 0) is 76.3 Å². The van der Waals surface area contributed by atoms with E-state index in [1.165, 1.54) is 11.1 Å². The van der Waals surface area contributed by atoms with Crippen molar-refractivity contribution >= 4 is 32.6 Å². The van der Waals surface area contributed by atoms with Gasteiger partial charge in [0.15, 0.2) is 16.6 Å². The van der Waals surface area contributed by atoms with Gasteiger partial charge in [0.25, 0.3) is 5.91 Å². The lowest BCUT2D eigenvalue weighted by molar-refractivity contribution is 0.0984. The number of ether oxygens (including phenoxy) is 2. The molecule has 7 heteroatoms. The van der Waals surface area contributed by atoms with Crippen molar-refractivity contribution in [3.05, 3.63) is 47.0 Å². The van der Waals surface area contributed by atoms with Crippen molar-refractivity contribution in [3.63, 3.8) is 0 Å². The molecule has 0 saturated carbocycles. The fourth-order valence-electron chi connectivity index (χ4n) is 3.64. The Labute approximate surface area is 181 Å². The minimum atomic E-state index is -0.0702. The number of hydrogen-bond donors (Lipinski definition) is 0. The van der Waals surface area contributed by atoms with Crippen LogP contribution in [0.3, 0.4) is 0 Å². The number of hydrogen-bond acceptors (Lipinski definition) is 6. The summed E-state index contributed by atoms with van der Waals surface area (Å²) in [7, 11) is 4.08. The van der Waals surface area contributed by atoms with E-state index in [1.54, 1.807) is 28.4 Å². The van der Waals surface area contributed by atoms with E-state index in [0.717, 1.165) is 28.3 Å². The third-order valence-corrected chi connectivity index (χ3v) is 6.29. The molecule has 0 spiro atoms. The van der Waals surface area contributed by atoms with Crippen LogP contribution in [0.4, 0.5) is 5.13 Å². The highest BCUT2D eigenvalue weighted by molar-refractivity contribution is 7.22. The minimum absolute atomic E-state index is 0.0702. The first kappa shape index (κ1) is 20.6. The zero-order chi connectivity index (χ0) is 21.3. The van der Waals surface area contributed by atoms with Gasteiger partial charge < -0.3 is 14.4 Å². The standard InChI is InChI=1S/C23H27N3O3S/c1-15-12-16(2)21-18(13-15)24-23(30-21)26(9-5-8-25(3)4)22(27)17-6-7-19-20(14-17)29-11-10-28-19/h6-7,12-14H,5,8-11H2,1-4H3. The van der Waals surface area contributed by atoms with Crippen molar-refractivity contribution in [2.75, 3.05) is 45.3 Å². The van der Waals surface area contributed by atoms with Crippen molar-refractivity contribution in [1.82, 2.24) is 9.88 Å². The fourth-order valence-corrected chi connectivity index (χ4v) is 4.68. The van der Waals surface area contributed by atoms with E-state index in [0.29, 0.717) is 36.8 Å². The number of nitrogens with zero attached hydrogens (tertiary/aromatic N) is 3. The lowest BCUT2D eigenvalue weighted by Crippen LogP contribution is -2.33. The van der Waals surface area contributed by atoms with Crippen LogP contribution in [-0.2, 0) is 0 Å². The summed E-state index contributed by atoms with van der Waals surface area (Å²) in [5, 5.41) is 0.734. The van der Waals surface area contributed by atoms with Crippen LogP contribution in [0.1, 0.15) is 27.9 Å². The second-order valence-electron chi connectivity index (χ2n) is 7.90. The summed E-state index contributed by atoms with van der Waals surface area (Å²) in [6.07, 6.45) is 0.858. The molecule has 0 fully saturated rings. The van der Waals surface area contributed by atoms with Gasteiger partial charge in [-0.25, -0.2) is 4.98 Å². The predicted molar refractivity (Wildman–Crippen MR) is 121 cm³/mol. The number of thiazole rings is 1. The first-order chi connectivity index (χ1) is 14.4. The molecule has 0 saturated heterocycles. The Bertz CT molecular complexity index is 1080. The largest absolute Gasteiger partial charge is 0.486 e. The number of aryl methyl sites for hydroxylation is 2. The molecule has 0 unspecified atom stereocenters. The second kappa shape index (κ2) is 8.62. The van der Waals surface area contributed by atoms with E-state index in [9.17, 15) is 4.79 Å². The molecule has 1 aliphatic heterocycles. The zero-order valence-electron chi connectivity index (χ0n) is 17.9. The van der Waals surface area contributed by atoms with E-state index in [2.05, 4.69) is 30.9 Å². The van der Waals surface area contributed by atoms with Gasteiger partial charge in [0.1, 0.15) is 13.2 Å². The van der Waals surface area contributed by atoms with Crippen LogP contribution in [0.2, 0.25) is 0 Å². The summed E-state index contributed by atoms with van der Waals surface area (Å²) in [4.78, 5) is 22.3. The van der Waals surface area contributed by atoms with Crippen molar-refractivity contribution in [3.8, 4) is 11.5 Å². The number of carbonyl (C=O) groups excluding carboxylic acids is 1. The number of anilines is 1. The Morgan fingerprint density at radius 1 is 1.07 bits per heavy atom. The summed E-state index contributed by atoms with van der Waals surface area (Å²) in [5.41, 5.74) is 3.89. The van der Waals surface area contributed by atoms with Crippen molar-refractivity contribution in [2.45, 2.75) is 20.3 Å².